The molecule has 1 saturated heterocycles. The van der Waals surface area contributed by atoms with Gasteiger partial charge in [0.15, 0.2) is 0 Å². The monoisotopic (exact) mass is 370 g/mol. The molecular weight excluding hydrogens is 351 g/mol. The molecule has 1 amide bonds. The zero-order valence-electron chi connectivity index (χ0n) is 14.9. The van der Waals surface area contributed by atoms with Gasteiger partial charge in [0, 0.05) is 39.1 Å². The van der Waals surface area contributed by atoms with E-state index < -0.39 is 0 Å². The lowest BCUT2D eigenvalue weighted by atomic mass is 10.1. The minimum absolute atomic E-state index is 0.179. The second-order valence-electron chi connectivity index (χ2n) is 6.50. The molecule has 0 bridgehead atoms. The minimum Gasteiger partial charge on any atom is -0.380 e. The van der Waals surface area contributed by atoms with Crippen LogP contribution in [0, 0.1) is 5.82 Å². The fourth-order valence-electron chi connectivity index (χ4n) is 3.23. The molecule has 1 aromatic carbocycles. The molecule has 2 aromatic heterocycles. The van der Waals surface area contributed by atoms with Crippen molar-refractivity contribution in [1.82, 2.24) is 18.9 Å². The molecule has 1 fully saturated rings. The highest BCUT2D eigenvalue weighted by atomic mass is 19.1. The number of hydrogen-bond acceptors (Lipinski definition) is 4. The van der Waals surface area contributed by atoms with Crippen LogP contribution in [-0.4, -0.2) is 51.1 Å². The standard InChI is InChI=1S/C19H19FN4O3/c1-22-16(13-3-5-14(20)6-4-13)12-24-11-15(21-17(24)19(22)26)18(25)23-7-2-9-27-10-8-23/h3-6,11-12H,2,7-10H2,1H3. The number of nitrogens with zero attached hydrogens (tertiary/aromatic N) is 4. The number of hydrogen-bond donors (Lipinski definition) is 0. The lowest BCUT2D eigenvalue weighted by Gasteiger charge is -2.17. The van der Waals surface area contributed by atoms with Gasteiger partial charge in [-0.05, 0) is 36.2 Å². The summed E-state index contributed by atoms with van der Waals surface area (Å²) in [4.78, 5) is 31.4. The number of ether oxygens (including phenoxy) is 1. The zero-order chi connectivity index (χ0) is 19.0. The molecule has 3 aromatic rings. The van der Waals surface area contributed by atoms with Crippen molar-refractivity contribution < 1.29 is 13.9 Å². The molecule has 140 valence electrons. The number of fused-ring (bicyclic) bond motifs is 1. The van der Waals surface area contributed by atoms with Crippen LogP contribution in [0.2, 0.25) is 0 Å². The van der Waals surface area contributed by atoms with Gasteiger partial charge in [-0.25, -0.2) is 9.37 Å². The molecule has 7 nitrogen and oxygen atoms in total. The van der Waals surface area contributed by atoms with E-state index in [1.807, 2.05) is 0 Å². The largest absolute Gasteiger partial charge is 0.380 e. The maximum atomic E-state index is 13.2. The summed E-state index contributed by atoms with van der Waals surface area (Å²) >= 11 is 0. The highest BCUT2D eigenvalue weighted by molar-refractivity contribution is 5.93. The second kappa shape index (κ2) is 6.96. The van der Waals surface area contributed by atoms with Crippen LogP contribution in [0.3, 0.4) is 0 Å². The van der Waals surface area contributed by atoms with E-state index in [2.05, 4.69) is 4.98 Å². The molecule has 0 N–H and O–H groups in total. The Balaban J connectivity index is 1.76. The van der Waals surface area contributed by atoms with E-state index in [9.17, 15) is 14.0 Å². The van der Waals surface area contributed by atoms with E-state index in [1.54, 1.807) is 40.9 Å². The molecule has 0 radical (unpaired) electrons. The number of rotatable bonds is 2. The molecule has 1 aliphatic rings. The van der Waals surface area contributed by atoms with Crippen molar-refractivity contribution in [3.05, 3.63) is 58.5 Å². The first-order valence-electron chi connectivity index (χ1n) is 8.76. The van der Waals surface area contributed by atoms with Gasteiger partial charge in [0.1, 0.15) is 11.5 Å². The molecule has 0 saturated carbocycles. The highest BCUT2D eigenvalue weighted by Gasteiger charge is 2.21. The summed E-state index contributed by atoms with van der Waals surface area (Å²) in [5.41, 5.74) is 1.38. The van der Waals surface area contributed by atoms with Crippen LogP contribution in [0.15, 0.2) is 41.5 Å². The van der Waals surface area contributed by atoms with Gasteiger partial charge < -0.3 is 14.2 Å². The third kappa shape index (κ3) is 3.23. The van der Waals surface area contributed by atoms with Gasteiger partial charge in [-0.1, -0.05) is 0 Å². The molecule has 0 atom stereocenters. The van der Waals surface area contributed by atoms with Crippen molar-refractivity contribution in [2.24, 2.45) is 7.05 Å². The first-order chi connectivity index (χ1) is 13.0. The number of imidazole rings is 1. The van der Waals surface area contributed by atoms with Gasteiger partial charge in [-0.2, -0.15) is 0 Å². The van der Waals surface area contributed by atoms with Gasteiger partial charge in [0.05, 0.1) is 12.3 Å². The van der Waals surface area contributed by atoms with E-state index in [1.165, 1.54) is 16.7 Å². The lowest BCUT2D eigenvalue weighted by Crippen LogP contribution is -2.33. The highest BCUT2D eigenvalue weighted by Crippen LogP contribution is 2.19. The van der Waals surface area contributed by atoms with Gasteiger partial charge in [-0.3, -0.25) is 14.0 Å². The van der Waals surface area contributed by atoms with Crippen LogP contribution >= 0.6 is 0 Å². The summed E-state index contributed by atoms with van der Waals surface area (Å²) in [7, 11) is 1.63. The van der Waals surface area contributed by atoms with Gasteiger partial charge in [0.2, 0.25) is 5.65 Å². The summed E-state index contributed by atoms with van der Waals surface area (Å²) < 4.78 is 21.6. The van der Waals surface area contributed by atoms with Crippen LogP contribution < -0.4 is 5.56 Å². The number of amides is 1. The van der Waals surface area contributed by atoms with Crippen LogP contribution in [-0.2, 0) is 11.8 Å². The van der Waals surface area contributed by atoms with Crippen molar-refractivity contribution in [1.29, 1.82) is 0 Å². The predicted octanol–water partition coefficient (Wildman–Crippen LogP) is 1.70. The molecule has 4 rings (SSSR count). The Kier molecular flexibility index (Phi) is 4.49. The summed E-state index contributed by atoms with van der Waals surface area (Å²) in [5, 5.41) is 0. The Labute approximate surface area is 154 Å². The Morgan fingerprint density at radius 1 is 1.15 bits per heavy atom. The maximum absolute atomic E-state index is 13.2. The van der Waals surface area contributed by atoms with Crippen molar-refractivity contribution in [3.63, 3.8) is 0 Å². The third-order valence-corrected chi connectivity index (χ3v) is 4.72. The van der Waals surface area contributed by atoms with Crippen LogP contribution in [0.1, 0.15) is 16.9 Å². The summed E-state index contributed by atoms with van der Waals surface area (Å²) in [6, 6.07) is 5.90. The van der Waals surface area contributed by atoms with Crippen molar-refractivity contribution in [3.8, 4) is 11.3 Å². The number of aromatic nitrogens is 3. The predicted molar refractivity (Wildman–Crippen MR) is 97.2 cm³/mol. The van der Waals surface area contributed by atoms with E-state index in [0.29, 0.717) is 37.6 Å². The average Bonchev–Trinajstić information content (AvgIpc) is 2.91. The van der Waals surface area contributed by atoms with E-state index in [-0.39, 0.29) is 28.6 Å². The van der Waals surface area contributed by atoms with E-state index in [4.69, 9.17) is 4.74 Å². The second-order valence-corrected chi connectivity index (χ2v) is 6.50. The fraction of sp³-hybridized carbons (Fsp3) is 0.316. The SMILES string of the molecule is Cn1c(-c2ccc(F)cc2)cn2cc(C(=O)N3CCCOCC3)nc2c1=O. The molecule has 27 heavy (non-hydrogen) atoms. The van der Waals surface area contributed by atoms with Crippen LogP contribution in [0.4, 0.5) is 4.39 Å². The average molecular weight is 370 g/mol. The van der Waals surface area contributed by atoms with E-state index in [0.717, 1.165) is 6.42 Å². The molecule has 3 heterocycles. The lowest BCUT2D eigenvalue weighted by molar-refractivity contribution is 0.0736. The van der Waals surface area contributed by atoms with Crippen molar-refractivity contribution in [2.75, 3.05) is 26.3 Å². The first-order valence-corrected chi connectivity index (χ1v) is 8.76. The summed E-state index contributed by atoms with van der Waals surface area (Å²) in [5.74, 6) is -0.559. The number of benzene rings is 1. The third-order valence-electron chi connectivity index (χ3n) is 4.72. The maximum Gasteiger partial charge on any atom is 0.294 e. The Morgan fingerprint density at radius 2 is 1.93 bits per heavy atom. The van der Waals surface area contributed by atoms with Crippen LogP contribution in [0.25, 0.3) is 16.9 Å². The van der Waals surface area contributed by atoms with Gasteiger partial charge >= 0.3 is 0 Å². The minimum atomic E-state index is -0.346. The molecule has 8 heteroatoms. The Morgan fingerprint density at radius 3 is 2.70 bits per heavy atom. The zero-order valence-corrected chi connectivity index (χ0v) is 14.9. The molecule has 1 aliphatic heterocycles. The number of carbonyl (C=O) groups is 1. The van der Waals surface area contributed by atoms with E-state index >= 15 is 0 Å². The molecule has 0 aliphatic carbocycles. The van der Waals surface area contributed by atoms with Gasteiger partial charge in [0.25, 0.3) is 11.5 Å². The van der Waals surface area contributed by atoms with Crippen LogP contribution in [0.5, 0.6) is 0 Å². The smallest absolute Gasteiger partial charge is 0.294 e. The molecular formula is C19H19FN4O3. The Hall–Kier alpha value is -3.00. The summed E-state index contributed by atoms with van der Waals surface area (Å²) in [6.45, 7) is 2.24. The number of carbonyl (C=O) groups excluding carboxylic acids is 1. The quantitative estimate of drug-likeness (QED) is 0.689. The summed E-state index contributed by atoms with van der Waals surface area (Å²) in [6.07, 6.45) is 4.06. The molecule has 0 spiro atoms. The van der Waals surface area contributed by atoms with Crippen molar-refractivity contribution >= 4 is 11.6 Å². The van der Waals surface area contributed by atoms with Gasteiger partial charge in [-0.15, -0.1) is 0 Å². The number of halogens is 1. The topological polar surface area (TPSA) is 68.8 Å². The van der Waals surface area contributed by atoms with Crippen molar-refractivity contribution in [2.45, 2.75) is 6.42 Å². The first kappa shape index (κ1) is 17.4. The Bertz CT molecular complexity index is 1050. The molecule has 0 unspecified atom stereocenters. The normalized spacial score (nSPS) is 15.1. The fourth-order valence-corrected chi connectivity index (χ4v) is 3.23.